The van der Waals surface area contributed by atoms with Crippen molar-refractivity contribution in [1.29, 1.82) is 0 Å². The van der Waals surface area contributed by atoms with Crippen molar-refractivity contribution < 1.29 is 13.6 Å². The molecule has 23 heavy (non-hydrogen) atoms. The summed E-state index contributed by atoms with van der Waals surface area (Å²) in [4.78, 5) is 23.9. The molecule has 2 aromatic heterocycles. The second-order valence-electron chi connectivity index (χ2n) is 4.71. The van der Waals surface area contributed by atoms with E-state index in [2.05, 4.69) is 5.32 Å². The molecule has 5 heteroatoms. The summed E-state index contributed by atoms with van der Waals surface area (Å²) >= 11 is 0. The van der Waals surface area contributed by atoms with Gasteiger partial charge in [0.2, 0.25) is 0 Å². The molecule has 0 aliphatic rings. The molecule has 0 saturated heterocycles. The first-order valence-corrected chi connectivity index (χ1v) is 6.94. The van der Waals surface area contributed by atoms with Gasteiger partial charge in [0.25, 0.3) is 5.91 Å². The third-order valence-corrected chi connectivity index (χ3v) is 3.08. The maximum absolute atomic E-state index is 12.0. The van der Waals surface area contributed by atoms with Crippen LogP contribution in [0.2, 0.25) is 0 Å². The number of carbonyl (C=O) groups is 1. The summed E-state index contributed by atoms with van der Waals surface area (Å²) in [6.45, 7) is 0. The van der Waals surface area contributed by atoms with Crippen LogP contribution >= 0.6 is 0 Å². The summed E-state index contributed by atoms with van der Waals surface area (Å²) < 4.78 is 10.3. The lowest BCUT2D eigenvalue weighted by Crippen LogP contribution is -2.17. The Balaban J connectivity index is 1.75. The van der Waals surface area contributed by atoms with Gasteiger partial charge in [0.05, 0.1) is 6.26 Å². The van der Waals surface area contributed by atoms with Crippen molar-refractivity contribution in [2.75, 3.05) is 5.32 Å². The number of benzene rings is 1. The number of nitrogens with one attached hydrogen (secondary N) is 1. The van der Waals surface area contributed by atoms with Gasteiger partial charge in [0.15, 0.2) is 0 Å². The number of hydrogen-bond acceptors (Lipinski definition) is 4. The molecule has 3 rings (SSSR count). The lowest BCUT2D eigenvalue weighted by Gasteiger charge is -2.03. The van der Waals surface area contributed by atoms with Crippen molar-refractivity contribution in [3.8, 4) is 0 Å². The number of furan rings is 1. The smallest absolute Gasteiger partial charge is 0.360 e. The van der Waals surface area contributed by atoms with Crippen LogP contribution in [-0.2, 0) is 0 Å². The molecule has 0 saturated carbocycles. The Morgan fingerprint density at radius 3 is 2.39 bits per heavy atom. The van der Waals surface area contributed by atoms with Gasteiger partial charge in [-0.15, -0.1) is 0 Å². The molecule has 0 bridgehead atoms. The van der Waals surface area contributed by atoms with Gasteiger partial charge in [-0.05, 0) is 48.6 Å². The second-order valence-corrected chi connectivity index (χ2v) is 4.71. The van der Waals surface area contributed by atoms with E-state index in [1.807, 2.05) is 6.07 Å². The normalized spacial score (nSPS) is 10.8. The number of hydrogen-bond donors (Lipinski definition) is 1. The summed E-state index contributed by atoms with van der Waals surface area (Å²) in [5.74, 6) is 0.648. The molecule has 0 aliphatic heterocycles. The van der Waals surface area contributed by atoms with Gasteiger partial charge >= 0.3 is 5.63 Å². The third kappa shape index (κ3) is 3.65. The predicted molar refractivity (Wildman–Crippen MR) is 87.0 cm³/mol. The Hall–Kier alpha value is -3.34. The van der Waals surface area contributed by atoms with E-state index < -0.39 is 5.63 Å². The lowest BCUT2D eigenvalue weighted by atomic mass is 10.2. The first-order chi connectivity index (χ1) is 11.2. The van der Waals surface area contributed by atoms with Crippen LogP contribution in [0.1, 0.15) is 21.9 Å². The second kappa shape index (κ2) is 6.62. The molecule has 1 N–H and O–H groups in total. The first kappa shape index (κ1) is 14.6. The quantitative estimate of drug-likeness (QED) is 0.798. The molecule has 5 nitrogen and oxygen atoms in total. The van der Waals surface area contributed by atoms with Gasteiger partial charge in [-0.1, -0.05) is 18.2 Å². The average Bonchev–Trinajstić information content (AvgIpc) is 3.09. The van der Waals surface area contributed by atoms with Gasteiger partial charge in [-0.3, -0.25) is 4.79 Å². The van der Waals surface area contributed by atoms with E-state index in [1.165, 1.54) is 6.07 Å². The third-order valence-electron chi connectivity index (χ3n) is 3.08. The van der Waals surface area contributed by atoms with Crippen LogP contribution in [0.15, 0.2) is 74.5 Å². The molecular formula is C18H13NO4. The van der Waals surface area contributed by atoms with Crippen molar-refractivity contribution in [1.82, 2.24) is 0 Å². The fourth-order valence-electron chi connectivity index (χ4n) is 1.95. The minimum absolute atomic E-state index is 0.0917. The molecule has 0 spiro atoms. The van der Waals surface area contributed by atoms with E-state index in [0.29, 0.717) is 17.1 Å². The Morgan fingerprint density at radius 2 is 1.70 bits per heavy atom. The molecule has 1 amide bonds. The van der Waals surface area contributed by atoms with Crippen LogP contribution in [0, 0.1) is 0 Å². The summed E-state index contributed by atoms with van der Waals surface area (Å²) in [7, 11) is 0. The van der Waals surface area contributed by atoms with Gasteiger partial charge in [0, 0.05) is 5.56 Å². The summed E-state index contributed by atoms with van der Waals surface area (Å²) in [5, 5.41) is 2.54. The van der Waals surface area contributed by atoms with Crippen molar-refractivity contribution in [2.24, 2.45) is 0 Å². The zero-order valence-electron chi connectivity index (χ0n) is 12.1. The number of anilines is 1. The highest BCUT2D eigenvalue weighted by Crippen LogP contribution is 2.10. The van der Waals surface area contributed by atoms with Crippen molar-refractivity contribution in [3.63, 3.8) is 0 Å². The summed E-state index contributed by atoms with van der Waals surface area (Å²) in [5.41, 5.74) is -0.0569. The molecule has 114 valence electrons. The average molecular weight is 307 g/mol. The van der Waals surface area contributed by atoms with Crippen LogP contribution in [0.5, 0.6) is 0 Å². The van der Waals surface area contributed by atoms with Crippen LogP contribution in [-0.4, -0.2) is 5.91 Å². The molecule has 0 unspecified atom stereocenters. The molecule has 0 radical (unpaired) electrons. The van der Waals surface area contributed by atoms with Gasteiger partial charge < -0.3 is 14.2 Å². The zero-order chi connectivity index (χ0) is 16.1. The predicted octanol–water partition coefficient (Wildman–Crippen LogP) is 3.66. The van der Waals surface area contributed by atoms with E-state index in [-0.39, 0.29) is 11.6 Å². The topological polar surface area (TPSA) is 72.5 Å². The van der Waals surface area contributed by atoms with Crippen LogP contribution in [0.3, 0.4) is 0 Å². The molecule has 0 atom stereocenters. The Bertz CT molecular complexity index is 877. The Labute approximate surface area is 131 Å². The fourth-order valence-corrected chi connectivity index (χ4v) is 1.95. The highest BCUT2D eigenvalue weighted by atomic mass is 16.4. The van der Waals surface area contributed by atoms with Gasteiger partial charge in [-0.2, -0.15) is 0 Å². The minimum Gasteiger partial charge on any atom is -0.465 e. The molecule has 0 fully saturated rings. The fraction of sp³-hybridized carbons (Fsp3) is 0. The molecular weight excluding hydrogens is 294 g/mol. The monoisotopic (exact) mass is 307 g/mol. The van der Waals surface area contributed by atoms with Gasteiger partial charge in [0.1, 0.15) is 17.2 Å². The van der Waals surface area contributed by atoms with Crippen molar-refractivity contribution in [3.05, 3.63) is 88.4 Å². The lowest BCUT2D eigenvalue weighted by molar-refractivity contribution is 0.102. The van der Waals surface area contributed by atoms with E-state index >= 15 is 0 Å². The van der Waals surface area contributed by atoms with E-state index in [9.17, 15) is 9.59 Å². The number of carbonyl (C=O) groups excluding carboxylic acids is 1. The molecule has 0 aliphatic carbocycles. The minimum atomic E-state index is -0.615. The molecule has 3 aromatic rings. The number of amides is 1. The van der Waals surface area contributed by atoms with Crippen LogP contribution < -0.4 is 10.9 Å². The van der Waals surface area contributed by atoms with E-state index in [4.69, 9.17) is 8.83 Å². The SMILES string of the molecule is O=C(Nc1ccc(/C=C/c2ccco2)oc1=O)c1ccccc1. The Kier molecular flexibility index (Phi) is 4.20. The van der Waals surface area contributed by atoms with Crippen LogP contribution in [0.25, 0.3) is 12.2 Å². The van der Waals surface area contributed by atoms with Gasteiger partial charge in [-0.25, -0.2) is 4.79 Å². The zero-order valence-corrected chi connectivity index (χ0v) is 12.1. The largest absolute Gasteiger partial charge is 0.465 e. The van der Waals surface area contributed by atoms with E-state index in [1.54, 1.807) is 60.9 Å². The highest BCUT2D eigenvalue weighted by molar-refractivity contribution is 6.04. The standard InChI is InChI=1S/C18H13NO4/c20-17(13-5-2-1-3-6-13)19-16-11-10-15(23-18(16)21)9-8-14-7-4-12-22-14/h1-12H,(H,19,20)/b9-8+. The first-order valence-electron chi connectivity index (χ1n) is 6.94. The summed E-state index contributed by atoms with van der Waals surface area (Å²) in [6, 6.07) is 15.3. The maximum atomic E-state index is 12.0. The number of rotatable bonds is 4. The highest BCUT2D eigenvalue weighted by Gasteiger charge is 2.09. The Morgan fingerprint density at radius 1 is 0.913 bits per heavy atom. The van der Waals surface area contributed by atoms with Crippen molar-refractivity contribution in [2.45, 2.75) is 0 Å². The molecule has 1 aromatic carbocycles. The van der Waals surface area contributed by atoms with E-state index in [0.717, 1.165) is 0 Å². The van der Waals surface area contributed by atoms with Crippen LogP contribution in [0.4, 0.5) is 5.69 Å². The summed E-state index contributed by atoms with van der Waals surface area (Å²) in [6.07, 6.45) is 4.85. The maximum Gasteiger partial charge on any atom is 0.360 e. The van der Waals surface area contributed by atoms with Crippen molar-refractivity contribution >= 4 is 23.7 Å². The molecule has 2 heterocycles.